The first-order valence-corrected chi connectivity index (χ1v) is 10.0. The number of carbonyl (C=O) groups is 1. The first-order valence-electron chi connectivity index (χ1n) is 10.0. The second-order valence-electron chi connectivity index (χ2n) is 7.77. The summed E-state index contributed by atoms with van der Waals surface area (Å²) in [5.41, 5.74) is 3.92. The van der Waals surface area contributed by atoms with Crippen LogP contribution in [0.3, 0.4) is 0 Å². The van der Waals surface area contributed by atoms with E-state index in [1.165, 1.54) is 5.56 Å². The summed E-state index contributed by atoms with van der Waals surface area (Å²) >= 11 is 0. The van der Waals surface area contributed by atoms with E-state index in [1.807, 2.05) is 42.8 Å². The molecule has 0 spiro atoms. The van der Waals surface area contributed by atoms with Gasteiger partial charge in [-0.3, -0.25) is 4.79 Å². The molecular formula is C23H27N3O4. The number of fused-ring (bicyclic) bond motifs is 2. The molecule has 30 heavy (non-hydrogen) atoms. The normalized spacial score (nSPS) is 15.0. The Morgan fingerprint density at radius 2 is 1.97 bits per heavy atom. The van der Waals surface area contributed by atoms with Crippen molar-refractivity contribution in [2.75, 3.05) is 21.3 Å². The van der Waals surface area contributed by atoms with Crippen LogP contribution in [-0.2, 0) is 24.3 Å². The fraction of sp³-hybridized carbons (Fsp3) is 0.391. The van der Waals surface area contributed by atoms with Crippen molar-refractivity contribution in [1.29, 1.82) is 0 Å². The predicted molar refractivity (Wildman–Crippen MR) is 114 cm³/mol. The Hall–Kier alpha value is -3.22. The molecule has 158 valence electrons. The molecule has 7 nitrogen and oxygen atoms in total. The zero-order valence-electron chi connectivity index (χ0n) is 18.1. The van der Waals surface area contributed by atoms with Gasteiger partial charge in [0.1, 0.15) is 24.2 Å². The van der Waals surface area contributed by atoms with Crippen LogP contribution in [0.1, 0.15) is 23.9 Å². The topological polar surface area (TPSA) is 65.8 Å². The molecule has 3 aromatic rings. The number of benzene rings is 2. The molecule has 0 N–H and O–H groups in total. The lowest BCUT2D eigenvalue weighted by atomic mass is 10.1. The van der Waals surface area contributed by atoms with E-state index in [0.29, 0.717) is 18.0 Å². The van der Waals surface area contributed by atoms with Gasteiger partial charge in [0.05, 0.1) is 25.3 Å². The van der Waals surface area contributed by atoms with Crippen LogP contribution in [0.25, 0.3) is 11.0 Å². The number of rotatable bonds is 6. The molecule has 0 radical (unpaired) electrons. The molecule has 1 aromatic heterocycles. The third-order valence-electron chi connectivity index (χ3n) is 5.54. The monoisotopic (exact) mass is 409 g/mol. The van der Waals surface area contributed by atoms with Crippen molar-refractivity contribution in [2.45, 2.75) is 39.5 Å². The molecule has 7 heteroatoms. The van der Waals surface area contributed by atoms with E-state index in [1.54, 1.807) is 19.1 Å². The molecule has 4 rings (SSSR count). The third-order valence-corrected chi connectivity index (χ3v) is 5.54. The minimum absolute atomic E-state index is 0.0114. The Morgan fingerprint density at radius 3 is 2.70 bits per heavy atom. The Kier molecular flexibility index (Phi) is 5.28. The molecule has 0 saturated heterocycles. The van der Waals surface area contributed by atoms with Crippen LogP contribution in [0.2, 0.25) is 0 Å². The number of amides is 1. The van der Waals surface area contributed by atoms with Crippen molar-refractivity contribution in [3.8, 4) is 17.2 Å². The van der Waals surface area contributed by atoms with Gasteiger partial charge in [-0.1, -0.05) is 12.1 Å². The summed E-state index contributed by atoms with van der Waals surface area (Å²) in [5, 5.41) is 0. The summed E-state index contributed by atoms with van der Waals surface area (Å²) < 4.78 is 18.4. The van der Waals surface area contributed by atoms with Gasteiger partial charge in [0.2, 0.25) is 5.91 Å². The Labute approximate surface area is 176 Å². The molecule has 1 unspecified atom stereocenters. The highest BCUT2D eigenvalue weighted by Gasteiger charge is 2.20. The van der Waals surface area contributed by atoms with Gasteiger partial charge in [-0.15, -0.1) is 0 Å². The molecule has 1 aliphatic rings. The number of carbonyl (C=O) groups excluding carboxylic acids is 1. The number of ether oxygens (including phenoxy) is 3. The largest absolute Gasteiger partial charge is 0.493 e. The highest BCUT2D eigenvalue weighted by atomic mass is 16.5. The summed E-state index contributed by atoms with van der Waals surface area (Å²) in [7, 11) is 5.02. The van der Waals surface area contributed by atoms with E-state index in [-0.39, 0.29) is 18.6 Å². The van der Waals surface area contributed by atoms with Crippen LogP contribution >= 0.6 is 0 Å². The molecule has 1 aliphatic heterocycles. The first-order chi connectivity index (χ1) is 14.4. The summed E-state index contributed by atoms with van der Waals surface area (Å²) in [6.07, 6.45) is 1.12. The second kappa shape index (κ2) is 7.89. The van der Waals surface area contributed by atoms with Gasteiger partial charge in [-0.25, -0.2) is 4.98 Å². The Morgan fingerprint density at radius 1 is 1.23 bits per heavy atom. The van der Waals surface area contributed by atoms with Gasteiger partial charge >= 0.3 is 0 Å². The number of hydrogen-bond acceptors (Lipinski definition) is 5. The van der Waals surface area contributed by atoms with Crippen LogP contribution in [0.15, 0.2) is 30.3 Å². The van der Waals surface area contributed by atoms with Crippen molar-refractivity contribution in [3.05, 3.63) is 47.3 Å². The van der Waals surface area contributed by atoms with Gasteiger partial charge in [0, 0.05) is 32.1 Å². The van der Waals surface area contributed by atoms with Gasteiger partial charge in [0.25, 0.3) is 0 Å². The lowest BCUT2D eigenvalue weighted by Gasteiger charge is -2.19. The first kappa shape index (κ1) is 20.1. The van der Waals surface area contributed by atoms with Crippen LogP contribution in [0, 0.1) is 6.92 Å². The van der Waals surface area contributed by atoms with Crippen LogP contribution < -0.4 is 14.2 Å². The number of methoxy groups -OCH3 is 2. The smallest absolute Gasteiger partial charge is 0.242 e. The summed E-state index contributed by atoms with van der Waals surface area (Å²) in [6, 6.07) is 9.86. The van der Waals surface area contributed by atoms with Gasteiger partial charge in [-0.2, -0.15) is 0 Å². The van der Waals surface area contributed by atoms with Gasteiger partial charge in [-0.05, 0) is 31.0 Å². The second-order valence-corrected chi connectivity index (χ2v) is 7.77. The zero-order valence-corrected chi connectivity index (χ0v) is 18.1. The summed E-state index contributed by atoms with van der Waals surface area (Å²) in [6.45, 7) is 4.72. The number of nitrogens with zero attached hydrogens (tertiary/aromatic N) is 3. The van der Waals surface area contributed by atoms with Crippen LogP contribution in [0.4, 0.5) is 0 Å². The average molecular weight is 409 g/mol. The maximum absolute atomic E-state index is 13.0. The lowest BCUT2D eigenvalue weighted by Crippen LogP contribution is -2.30. The number of likely N-dealkylation sites (N-methyl/N-ethyl adjacent to an activating group) is 1. The maximum Gasteiger partial charge on any atom is 0.242 e. The SMILES string of the molecule is COc1cc2nc(C)n(CC(=O)N(C)Cc3ccc4c(c3)CC(C)O4)c2cc1OC. The van der Waals surface area contributed by atoms with Crippen molar-refractivity contribution < 1.29 is 19.0 Å². The minimum atomic E-state index is 0.0114. The predicted octanol–water partition coefficient (Wildman–Crippen LogP) is 3.34. The summed E-state index contributed by atoms with van der Waals surface area (Å²) in [4.78, 5) is 19.3. The Balaban J connectivity index is 1.53. The molecule has 1 amide bonds. The van der Waals surface area contributed by atoms with Gasteiger partial charge < -0.3 is 23.7 Å². The van der Waals surface area contributed by atoms with E-state index in [4.69, 9.17) is 14.2 Å². The molecule has 2 heterocycles. The van der Waals surface area contributed by atoms with Crippen molar-refractivity contribution >= 4 is 16.9 Å². The molecule has 0 saturated carbocycles. The molecule has 1 atom stereocenters. The average Bonchev–Trinajstić information content (AvgIpc) is 3.24. The summed E-state index contributed by atoms with van der Waals surface area (Å²) in [5.74, 6) is 2.96. The number of aryl methyl sites for hydroxylation is 1. The lowest BCUT2D eigenvalue weighted by molar-refractivity contribution is -0.131. The fourth-order valence-corrected chi connectivity index (χ4v) is 3.96. The number of hydrogen-bond donors (Lipinski definition) is 0. The van der Waals surface area contributed by atoms with E-state index in [2.05, 4.69) is 18.0 Å². The van der Waals surface area contributed by atoms with E-state index < -0.39 is 0 Å². The quantitative estimate of drug-likeness (QED) is 0.625. The van der Waals surface area contributed by atoms with Crippen LogP contribution in [-0.4, -0.2) is 47.7 Å². The highest BCUT2D eigenvalue weighted by molar-refractivity contribution is 5.83. The molecule has 0 aliphatic carbocycles. The molecular weight excluding hydrogens is 382 g/mol. The van der Waals surface area contributed by atoms with Gasteiger partial charge in [0.15, 0.2) is 11.5 Å². The fourth-order valence-electron chi connectivity index (χ4n) is 3.96. The van der Waals surface area contributed by atoms with Crippen molar-refractivity contribution in [2.24, 2.45) is 0 Å². The van der Waals surface area contributed by atoms with Crippen LogP contribution in [0.5, 0.6) is 17.2 Å². The number of imidazole rings is 1. The van der Waals surface area contributed by atoms with E-state index in [0.717, 1.165) is 34.6 Å². The van der Waals surface area contributed by atoms with E-state index >= 15 is 0 Å². The number of aromatic nitrogens is 2. The molecule has 0 fully saturated rings. The highest BCUT2D eigenvalue weighted by Crippen LogP contribution is 2.32. The van der Waals surface area contributed by atoms with Crippen molar-refractivity contribution in [3.63, 3.8) is 0 Å². The Bertz CT molecular complexity index is 1110. The van der Waals surface area contributed by atoms with Crippen molar-refractivity contribution in [1.82, 2.24) is 14.5 Å². The maximum atomic E-state index is 13.0. The molecule has 0 bridgehead atoms. The minimum Gasteiger partial charge on any atom is -0.493 e. The van der Waals surface area contributed by atoms with E-state index in [9.17, 15) is 4.79 Å². The third kappa shape index (κ3) is 3.67. The standard InChI is InChI=1S/C23H27N3O4/c1-14-8-17-9-16(6-7-20(17)30-14)12-25(3)23(27)13-26-15(2)24-18-10-21(28-4)22(29-5)11-19(18)26/h6-7,9-11,14H,8,12-13H2,1-5H3. The zero-order chi connectivity index (χ0) is 21.4. The molecule has 2 aromatic carbocycles.